The first kappa shape index (κ1) is 12.9. The monoisotopic (exact) mass is 261 g/mol. The highest BCUT2D eigenvalue weighted by molar-refractivity contribution is 5.77. The predicted octanol–water partition coefficient (Wildman–Crippen LogP) is 0.643. The van der Waals surface area contributed by atoms with Gasteiger partial charge in [-0.1, -0.05) is 0 Å². The number of ether oxygens (including phenoxy) is 1. The van der Waals surface area contributed by atoms with Crippen molar-refractivity contribution in [2.45, 2.75) is 13.0 Å². The van der Waals surface area contributed by atoms with Crippen LogP contribution < -0.4 is 15.8 Å². The van der Waals surface area contributed by atoms with Crippen LogP contribution in [0.4, 0.5) is 5.69 Å². The summed E-state index contributed by atoms with van der Waals surface area (Å²) in [7, 11) is 0. The van der Waals surface area contributed by atoms with Gasteiger partial charge in [0.15, 0.2) is 6.61 Å². The zero-order chi connectivity index (χ0) is 13.7. The number of carbonyl (C=O) groups excluding carboxylic acids is 1. The average molecular weight is 261 g/mol. The largest absolute Gasteiger partial charge is 0.484 e. The number of rotatable bonds is 5. The molecular weight excluding hydrogens is 246 g/mol. The maximum absolute atomic E-state index is 11.7. The molecule has 0 saturated carbocycles. The van der Waals surface area contributed by atoms with Crippen molar-refractivity contribution in [3.63, 3.8) is 0 Å². The molecule has 1 heterocycles. The maximum atomic E-state index is 11.7. The number of carbonyl (C=O) groups is 1. The van der Waals surface area contributed by atoms with Crippen LogP contribution in [0.3, 0.4) is 0 Å². The SMILES string of the molecule is CC(NC(=O)COc1ccc(N)cc1)c1ncn[nH]1. The molecule has 0 aliphatic carbocycles. The van der Waals surface area contributed by atoms with Crippen molar-refractivity contribution in [3.8, 4) is 5.75 Å². The van der Waals surface area contributed by atoms with E-state index in [-0.39, 0.29) is 18.6 Å². The molecule has 0 saturated heterocycles. The standard InChI is InChI=1S/C12H15N5O2/c1-8(12-14-7-15-17-12)16-11(18)6-19-10-4-2-9(13)3-5-10/h2-5,7-8H,6,13H2,1H3,(H,16,18)(H,14,15,17). The fourth-order valence-corrected chi connectivity index (χ4v) is 1.49. The van der Waals surface area contributed by atoms with E-state index in [0.717, 1.165) is 0 Å². The molecule has 0 aliphatic heterocycles. The third-order valence-corrected chi connectivity index (χ3v) is 2.47. The van der Waals surface area contributed by atoms with E-state index in [9.17, 15) is 4.79 Å². The normalized spacial score (nSPS) is 11.8. The molecule has 1 aromatic carbocycles. The number of H-pyrrole nitrogens is 1. The van der Waals surface area contributed by atoms with E-state index in [1.807, 2.05) is 6.92 Å². The Balaban J connectivity index is 1.80. The number of nitrogens with one attached hydrogen (secondary N) is 2. The van der Waals surface area contributed by atoms with Crippen LogP contribution in [-0.4, -0.2) is 27.7 Å². The van der Waals surface area contributed by atoms with Crippen LogP contribution in [0.5, 0.6) is 5.75 Å². The molecule has 4 N–H and O–H groups in total. The minimum atomic E-state index is -0.245. The molecule has 0 spiro atoms. The van der Waals surface area contributed by atoms with Gasteiger partial charge in [0.05, 0.1) is 6.04 Å². The molecule has 0 aliphatic rings. The Bertz CT molecular complexity index is 524. The summed E-state index contributed by atoms with van der Waals surface area (Å²) in [5.41, 5.74) is 6.20. The fourth-order valence-electron chi connectivity index (χ4n) is 1.49. The molecule has 100 valence electrons. The average Bonchev–Trinajstić information content (AvgIpc) is 2.92. The number of aromatic nitrogens is 3. The third-order valence-electron chi connectivity index (χ3n) is 2.47. The molecule has 7 nitrogen and oxygen atoms in total. The fraction of sp³-hybridized carbons (Fsp3) is 0.250. The Kier molecular flexibility index (Phi) is 3.97. The van der Waals surface area contributed by atoms with E-state index in [0.29, 0.717) is 17.3 Å². The van der Waals surface area contributed by atoms with Crippen molar-refractivity contribution in [2.24, 2.45) is 0 Å². The first-order chi connectivity index (χ1) is 9.15. The maximum Gasteiger partial charge on any atom is 0.258 e. The van der Waals surface area contributed by atoms with Gasteiger partial charge in [-0.25, -0.2) is 4.98 Å². The Hall–Kier alpha value is -2.57. The molecule has 0 fully saturated rings. The van der Waals surface area contributed by atoms with E-state index in [1.165, 1.54) is 6.33 Å². The molecule has 0 radical (unpaired) electrons. The molecule has 1 amide bonds. The molecule has 2 aromatic rings. The van der Waals surface area contributed by atoms with Crippen LogP contribution in [0.2, 0.25) is 0 Å². The summed E-state index contributed by atoms with van der Waals surface area (Å²) in [5, 5.41) is 9.16. The number of nitrogen functional groups attached to an aromatic ring is 1. The van der Waals surface area contributed by atoms with Gasteiger partial charge in [0.25, 0.3) is 5.91 Å². The second-order valence-electron chi connectivity index (χ2n) is 4.02. The molecule has 2 rings (SSSR count). The molecule has 7 heteroatoms. The number of amides is 1. The van der Waals surface area contributed by atoms with E-state index in [1.54, 1.807) is 24.3 Å². The lowest BCUT2D eigenvalue weighted by Gasteiger charge is -2.11. The van der Waals surface area contributed by atoms with Crippen molar-refractivity contribution >= 4 is 11.6 Å². The topological polar surface area (TPSA) is 106 Å². The predicted molar refractivity (Wildman–Crippen MR) is 69.3 cm³/mol. The van der Waals surface area contributed by atoms with Crippen molar-refractivity contribution < 1.29 is 9.53 Å². The minimum absolute atomic E-state index is 0.0671. The van der Waals surface area contributed by atoms with Crippen molar-refractivity contribution in [3.05, 3.63) is 36.4 Å². The second-order valence-corrected chi connectivity index (χ2v) is 4.02. The molecule has 1 aromatic heterocycles. The van der Waals surface area contributed by atoms with Gasteiger partial charge in [-0.05, 0) is 31.2 Å². The van der Waals surface area contributed by atoms with Crippen LogP contribution in [0.25, 0.3) is 0 Å². The lowest BCUT2D eigenvalue weighted by molar-refractivity contribution is -0.123. The molecule has 1 unspecified atom stereocenters. The summed E-state index contributed by atoms with van der Waals surface area (Å²) >= 11 is 0. The van der Waals surface area contributed by atoms with Crippen molar-refractivity contribution in [1.29, 1.82) is 0 Å². The quantitative estimate of drug-likeness (QED) is 0.685. The Morgan fingerprint density at radius 1 is 1.47 bits per heavy atom. The number of nitrogens with zero attached hydrogens (tertiary/aromatic N) is 2. The van der Waals surface area contributed by atoms with Gasteiger partial charge in [-0.15, -0.1) is 0 Å². The second kappa shape index (κ2) is 5.85. The van der Waals surface area contributed by atoms with Gasteiger partial charge in [-0.2, -0.15) is 5.10 Å². The molecule has 1 atom stereocenters. The van der Waals surface area contributed by atoms with E-state index in [4.69, 9.17) is 10.5 Å². The zero-order valence-corrected chi connectivity index (χ0v) is 10.5. The lowest BCUT2D eigenvalue weighted by atomic mass is 10.3. The van der Waals surface area contributed by atoms with Gasteiger partial charge in [0.2, 0.25) is 0 Å². The summed E-state index contributed by atoms with van der Waals surface area (Å²) in [6.45, 7) is 1.74. The van der Waals surface area contributed by atoms with E-state index >= 15 is 0 Å². The van der Waals surface area contributed by atoms with Gasteiger partial charge in [-0.3, -0.25) is 9.89 Å². The zero-order valence-electron chi connectivity index (χ0n) is 10.5. The minimum Gasteiger partial charge on any atom is -0.484 e. The highest BCUT2D eigenvalue weighted by Crippen LogP contribution is 2.13. The molecule has 19 heavy (non-hydrogen) atoms. The number of anilines is 1. The van der Waals surface area contributed by atoms with Crippen LogP contribution in [0.15, 0.2) is 30.6 Å². The Labute approximate surface area is 110 Å². The van der Waals surface area contributed by atoms with Crippen LogP contribution in [0, 0.1) is 0 Å². The van der Waals surface area contributed by atoms with E-state index < -0.39 is 0 Å². The summed E-state index contributed by atoms with van der Waals surface area (Å²) in [6, 6.07) is 6.60. The van der Waals surface area contributed by atoms with Crippen LogP contribution in [-0.2, 0) is 4.79 Å². The lowest BCUT2D eigenvalue weighted by Crippen LogP contribution is -2.31. The highest BCUT2D eigenvalue weighted by Gasteiger charge is 2.12. The van der Waals surface area contributed by atoms with Gasteiger partial charge in [0, 0.05) is 5.69 Å². The van der Waals surface area contributed by atoms with Gasteiger partial charge < -0.3 is 15.8 Å². The number of nitrogens with two attached hydrogens (primary N) is 1. The van der Waals surface area contributed by atoms with Gasteiger partial charge >= 0.3 is 0 Å². The first-order valence-corrected chi connectivity index (χ1v) is 5.78. The smallest absolute Gasteiger partial charge is 0.258 e. The summed E-state index contributed by atoms with van der Waals surface area (Å²) < 4.78 is 5.33. The number of hydrogen-bond donors (Lipinski definition) is 3. The molecular formula is C12H15N5O2. The Morgan fingerprint density at radius 3 is 2.84 bits per heavy atom. The van der Waals surface area contributed by atoms with Crippen molar-refractivity contribution in [1.82, 2.24) is 20.5 Å². The molecule has 0 bridgehead atoms. The number of aromatic amines is 1. The van der Waals surface area contributed by atoms with Crippen LogP contribution >= 0.6 is 0 Å². The summed E-state index contributed by atoms with van der Waals surface area (Å²) in [5.74, 6) is 0.957. The third kappa shape index (κ3) is 3.70. The summed E-state index contributed by atoms with van der Waals surface area (Å²) in [4.78, 5) is 15.6. The van der Waals surface area contributed by atoms with Gasteiger partial charge in [0.1, 0.15) is 17.9 Å². The number of benzene rings is 1. The van der Waals surface area contributed by atoms with Crippen LogP contribution in [0.1, 0.15) is 18.8 Å². The first-order valence-electron chi connectivity index (χ1n) is 5.78. The Morgan fingerprint density at radius 2 is 2.21 bits per heavy atom. The van der Waals surface area contributed by atoms with E-state index in [2.05, 4.69) is 20.5 Å². The summed E-state index contributed by atoms with van der Waals surface area (Å²) in [6.07, 6.45) is 1.39. The number of hydrogen-bond acceptors (Lipinski definition) is 5. The highest BCUT2D eigenvalue weighted by atomic mass is 16.5. The van der Waals surface area contributed by atoms with Crippen molar-refractivity contribution in [2.75, 3.05) is 12.3 Å².